The third-order valence-electron chi connectivity index (χ3n) is 4.24. The third-order valence-corrected chi connectivity index (χ3v) is 5.81. The zero-order chi connectivity index (χ0) is 14.8. The lowest BCUT2D eigenvalue weighted by atomic mass is 9.93. The first kappa shape index (κ1) is 14.0. The van der Waals surface area contributed by atoms with E-state index >= 15 is 0 Å². The molecule has 4 rings (SSSR count). The second-order valence-corrected chi connectivity index (χ2v) is 7.56. The van der Waals surface area contributed by atoms with E-state index in [1.165, 1.54) is 0 Å². The van der Waals surface area contributed by atoms with E-state index in [1.54, 1.807) is 6.20 Å². The molecule has 0 aliphatic carbocycles. The standard InChI is InChI=1S/C17H19N3OS/c1-3-7-18-14(5-1)10-20-12-17(13-20)9-15(11-22-17)21-16-6-2-4-8-19-16/h1-8,15H,9-13H2. The number of rotatable bonds is 4. The summed E-state index contributed by atoms with van der Waals surface area (Å²) in [5, 5.41) is 0. The molecule has 0 aromatic carbocycles. The Hall–Kier alpha value is -1.59. The molecule has 5 heteroatoms. The first-order valence-electron chi connectivity index (χ1n) is 7.65. The maximum Gasteiger partial charge on any atom is 0.213 e. The molecule has 0 N–H and O–H groups in total. The summed E-state index contributed by atoms with van der Waals surface area (Å²) in [6.07, 6.45) is 5.06. The van der Waals surface area contributed by atoms with Crippen molar-refractivity contribution < 1.29 is 4.74 Å². The van der Waals surface area contributed by atoms with Crippen LogP contribution in [0.15, 0.2) is 48.8 Å². The molecule has 4 nitrogen and oxygen atoms in total. The maximum atomic E-state index is 6.00. The van der Waals surface area contributed by atoms with E-state index in [-0.39, 0.29) is 6.10 Å². The van der Waals surface area contributed by atoms with E-state index in [0.29, 0.717) is 4.75 Å². The summed E-state index contributed by atoms with van der Waals surface area (Å²) in [6.45, 7) is 3.22. The summed E-state index contributed by atoms with van der Waals surface area (Å²) >= 11 is 2.06. The number of hydrogen-bond donors (Lipinski definition) is 0. The fourth-order valence-electron chi connectivity index (χ4n) is 3.29. The van der Waals surface area contributed by atoms with Crippen molar-refractivity contribution in [3.8, 4) is 5.88 Å². The summed E-state index contributed by atoms with van der Waals surface area (Å²) in [5.74, 6) is 1.81. The molecule has 2 fully saturated rings. The molecule has 0 amide bonds. The summed E-state index contributed by atoms with van der Waals surface area (Å²) in [7, 11) is 0. The van der Waals surface area contributed by atoms with E-state index in [1.807, 2.05) is 30.5 Å². The quantitative estimate of drug-likeness (QED) is 0.867. The zero-order valence-corrected chi connectivity index (χ0v) is 13.2. The Morgan fingerprint density at radius 2 is 1.95 bits per heavy atom. The number of aromatic nitrogens is 2. The Morgan fingerprint density at radius 1 is 1.14 bits per heavy atom. The van der Waals surface area contributed by atoms with Crippen molar-refractivity contribution in [3.05, 3.63) is 54.5 Å². The van der Waals surface area contributed by atoms with Crippen LogP contribution in [0.5, 0.6) is 5.88 Å². The minimum atomic E-state index is 0.289. The monoisotopic (exact) mass is 313 g/mol. The molecular weight excluding hydrogens is 294 g/mol. The number of likely N-dealkylation sites (tertiary alicyclic amines) is 1. The van der Waals surface area contributed by atoms with Gasteiger partial charge in [0.15, 0.2) is 0 Å². The highest BCUT2D eigenvalue weighted by molar-refractivity contribution is 8.01. The molecule has 22 heavy (non-hydrogen) atoms. The van der Waals surface area contributed by atoms with Crippen molar-refractivity contribution >= 4 is 11.8 Å². The van der Waals surface area contributed by atoms with E-state index < -0.39 is 0 Å². The van der Waals surface area contributed by atoms with Crippen LogP contribution in [-0.4, -0.2) is 44.6 Å². The van der Waals surface area contributed by atoms with Crippen LogP contribution >= 0.6 is 11.8 Å². The SMILES string of the molecule is c1ccc(CN2CC3(CC(Oc4ccccn4)CS3)C2)nc1. The minimum Gasteiger partial charge on any atom is -0.473 e. The second-order valence-electron chi connectivity index (χ2n) is 6.07. The van der Waals surface area contributed by atoms with Gasteiger partial charge in [0, 0.05) is 55.0 Å². The van der Waals surface area contributed by atoms with Crippen LogP contribution in [0.25, 0.3) is 0 Å². The Morgan fingerprint density at radius 3 is 2.68 bits per heavy atom. The predicted molar refractivity (Wildman–Crippen MR) is 88.0 cm³/mol. The highest BCUT2D eigenvalue weighted by atomic mass is 32.2. The number of pyridine rings is 2. The van der Waals surface area contributed by atoms with Crippen molar-refractivity contribution in [3.63, 3.8) is 0 Å². The fourth-order valence-corrected chi connectivity index (χ4v) is 4.86. The van der Waals surface area contributed by atoms with Gasteiger partial charge in [-0.25, -0.2) is 4.98 Å². The molecule has 114 valence electrons. The van der Waals surface area contributed by atoms with Gasteiger partial charge in [-0.15, -0.1) is 11.8 Å². The Balaban J connectivity index is 1.29. The highest BCUT2D eigenvalue weighted by Gasteiger charge is 2.49. The maximum absolute atomic E-state index is 6.00. The normalized spacial score (nSPS) is 23.4. The van der Waals surface area contributed by atoms with Crippen molar-refractivity contribution in [1.82, 2.24) is 14.9 Å². The molecule has 0 bridgehead atoms. The molecule has 2 aromatic heterocycles. The molecule has 2 aromatic rings. The number of hydrogen-bond acceptors (Lipinski definition) is 5. The molecule has 0 saturated carbocycles. The van der Waals surface area contributed by atoms with E-state index in [9.17, 15) is 0 Å². The van der Waals surface area contributed by atoms with Gasteiger partial charge in [-0.1, -0.05) is 12.1 Å². The largest absolute Gasteiger partial charge is 0.473 e. The topological polar surface area (TPSA) is 38.2 Å². The Bertz CT molecular complexity index is 616. The second kappa shape index (κ2) is 5.89. The van der Waals surface area contributed by atoms with Crippen LogP contribution in [0.2, 0.25) is 0 Å². The van der Waals surface area contributed by atoms with Crippen LogP contribution in [0.4, 0.5) is 0 Å². The molecule has 0 radical (unpaired) electrons. The van der Waals surface area contributed by atoms with Crippen LogP contribution < -0.4 is 4.74 Å². The van der Waals surface area contributed by atoms with Gasteiger partial charge in [0.05, 0.1) is 5.69 Å². The molecule has 4 heterocycles. The molecule has 2 aliphatic heterocycles. The van der Waals surface area contributed by atoms with Gasteiger partial charge in [0.2, 0.25) is 5.88 Å². The number of ether oxygens (including phenoxy) is 1. The first-order valence-corrected chi connectivity index (χ1v) is 8.64. The Labute approximate surface area is 134 Å². The number of thioether (sulfide) groups is 1. The average molecular weight is 313 g/mol. The van der Waals surface area contributed by atoms with Crippen molar-refractivity contribution in [1.29, 1.82) is 0 Å². The van der Waals surface area contributed by atoms with Gasteiger partial charge in [-0.2, -0.15) is 0 Å². The summed E-state index contributed by atoms with van der Waals surface area (Å²) in [5.41, 5.74) is 1.15. The van der Waals surface area contributed by atoms with E-state index in [2.05, 4.69) is 38.8 Å². The van der Waals surface area contributed by atoms with Crippen LogP contribution in [0, 0.1) is 0 Å². The molecule has 2 aliphatic rings. The first-order chi connectivity index (χ1) is 10.8. The molecule has 1 atom stereocenters. The van der Waals surface area contributed by atoms with Crippen LogP contribution in [-0.2, 0) is 6.54 Å². The zero-order valence-electron chi connectivity index (χ0n) is 12.4. The van der Waals surface area contributed by atoms with Gasteiger partial charge >= 0.3 is 0 Å². The van der Waals surface area contributed by atoms with Crippen molar-refractivity contribution in [2.45, 2.75) is 23.8 Å². The molecule has 1 spiro atoms. The molecule has 2 saturated heterocycles. The molecular formula is C17H19N3OS. The fraction of sp³-hybridized carbons (Fsp3) is 0.412. The van der Waals surface area contributed by atoms with Gasteiger partial charge < -0.3 is 4.74 Å². The lowest BCUT2D eigenvalue weighted by Crippen LogP contribution is -2.58. The smallest absolute Gasteiger partial charge is 0.213 e. The molecule has 1 unspecified atom stereocenters. The van der Waals surface area contributed by atoms with Crippen molar-refractivity contribution in [2.75, 3.05) is 18.8 Å². The van der Waals surface area contributed by atoms with Crippen LogP contribution in [0.1, 0.15) is 12.1 Å². The summed E-state index contributed by atoms with van der Waals surface area (Å²) in [4.78, 5) is 11.1. The number of nitrogens with zero attached hydrogens (tertiary/aromatic N) is 3. The summed E-state index contributed by atoms with van der Waals surface area (Å²) in [6, 6.07) is 11.9. The van der Waals surface area contributed by atoms with Crippen LogP contribution in [0.3, 0.4) is 0 Å². The highest BCUT2D eigenvalue weighted by Crippen LogP contribution is 2.46. The van der Waals surface area contributed by atoms with Gasteiger partial charge in [-0.3, -0.25) is 9.88 Å². The van der Waals surface area contributed by atoms with E-state index in [4.69, 9.17) is 4.74 Å². The lowest BCUT2D eigenvalue weighted by molar-refractivity contribution is 0.0898. The third kappa shape index (κ3) is 2.96. The van der Waals surface area contributed by atoms with Gasteiger partial charge in [0.25, 0.3) is 0 Å². The van der Waals surface area contributed by atoms with Gasteiger partial charge in [-0.05, 0) is 18.2 Å². The van der Waals surface area contributed by atoms with Crippen molar-refractivity contribution in [2.24, 2.45) is 0 Å². The minimum absolute atomic E-state index is 0.289. The predicted octanol–water partition coefficient (Wildman–Crippen LogP) is 2.62. The van der Waals surface area contributed by atoms with E-state index in [0.717, 1.165) is 43.4 Å². The Kier molecular flexibility index (Phi) is 3.76. The lowest BCUT2D eigenvalue weighted by Gasteiger charge is -2.47. The van der Waals surface area contributed by atoms with Gasteiger partial charge in [0.1, 0.15) is 6.10 Å². The summed E-state index contributed by atoms with van der Waals surface area (Å²) < 4.78 is 6.38. The average Bonchev–Trinajstić information content (AvgIpc) is 2.93.